The lowest BCUT2D eigenvalue weighted by Gasteiger charge is -2.15. The van der Waals surface area contributed by atoms with Crippen LogP contribution in [0, 0.1) is 19.8 Å². The second-order valence-corrected chi connectivity index (χ2v) is 6.22. The fraction of sp³-hybridized carbons (Fsp3) is 0.130. The number of nitrogens with two attached hydrogens (primary N) is 1. The Labute approximate surface area is 166 Å². The van der Waals surface area contributed by atoms with Crippen molar-refractivity contribution in [3.63, 3.8) is 0 Å². The Kier molecular flexibility index (Phi) is 7.18. The number of nitrogens with zero attached hydrogens (tertiary/aromatic N) is 2. The number of hydrogen-bond acceptors (Lipinski definition) is 5. The first-order chi connectivity index (χ1) is 13.5. The number of nitrogens with one attached hydrogen (secondary N) is 2. The summed E-state index contributed by atoms with van der Waals surface area (Å²) in [6.45, 7) is 6.13. The third-order valence-corrected chi connectivity index (χ3v) is 4.10. The monoisotopic (exact) mass is 371 g/mol. The van der Waals surface area contributed by atoms with E-state index in [0.717, 1.165) is 39.5 Å². The average Bonchev–Trinajstić information content (AvgIpc) is 2.71. The Morgan fingerprint density at radius 1 is 1.07 bits per heavy atom. The van der Waals surface area contributed by atoms with Crippen LogP contribution in [-0.4, -0.2) is 17.0 Å². The molecule has 0 aliphatic heterocycles. The van der Waals surface area contributed by atoms with Gasteiger partial charge in [0.05, 0.1) is 17.6 Å². The highest BCUT2D eigenvalue weighted by Crippen LogP contribution is 2.27. The number of terminal acetylenes is 1. The Bertz CT molecular complexity index is 958. The van der Waals surface area contributed by atoms with Crippen molar-refractivity contribution in [3.05, 3.63) is 78.5 Å². The molecule has 2 heterocycles. The summed E-state index contributed by atoms with van der Waals surface area (Å²) in [7, 11) is 1.92. The third kappa shape index (κ3) is 5.36. The van der Waals surface area contributed by atoms with Crippen LogP contribution in [0.4, 0.5) is 17.1 Å². The van der Waals surface area contributed by atoms with Crippen LogP contribution in [0.15, 0.2) is 67.3 Å². The van der Waals surface area contributed by atoms with Gasteiger partial charge in [0.25, 0.3) is 0 Å². The molecular weight excluding hydrogens is 346 g/mol. The molecule has 0 bridgehead atoms. The first kappa shape index (κ1) is 20.5. The molecule has 0 saturated heterocycles. The summed E-state index contributed by atoms with van der Waals surface area (Å²) in [5, 5.41) is 6.56. The summed E-state index contributed by atoms with van der Waals surface area (Å²) in [6.07, 6.45) is 14.0. The van der Waals surface area contributed by atoms with Crippen LogP contribution in [0.2, 0.25) is 0 Å². The molecule has 0 saturated carbocycles. The van der Waals surface area contributed by atoms with Crippen molar-refractivity contribution in [3.8, 4) is 24.0 Å². The van der Waals surface area contributed by atoms with Gasteiger partial charge < -0.3 is 16.4 Å². The lowest BCUT2D eigenvalue weighted by Crippen LogP contribution is -2.04. The molecule has 5 heteroatoms. The van der Waals surface area contributed by atoms with Crippen molar-refractivity contribution in [2.45, 2.75) is 13.3 Å². The fourth-order valence-corrected chi connectivity index (χ4v) is 2.80. The van der Waals surface area contributed by atoms with E-state index < -0.39 is 0 Å². The molecule has 142 valence electrons. The molecular formula is C23H25N5. The molecule has 0 fully saturated rings. The molecule has 2 aromatic heterocycles. The molecule has 0 aliphatic rings. The van der Waals surface area contributed by atoms with Crippen molar-refractivity contribution < 1.29 is 0 Å². The van der Waals surface area contributed by atoms with E-state index in [4.69, 9.17) is 5.73 Å². The van der Waals surface area contributed by atoms with Crippen LogP contribution in [-0.2, 0) is 6.42 Å². The van der Waals surface area contributed by atoms with Crippen LogP contribution < -0.4 is 16.4 Å². The van der Waals surface area contributed by atoms with Gasteiger partial charge in [-0.3, -0.25) is 9.97 Å². The van der Waals surface area contributed by atoms with Crippen molar-refractivity contribution in [1.29, 1.82) is 0 Å². The van der Waals surface area contributed by atoms with E-state index >= 15 is 0 Å². The van der Waals surface area contributed by atoms with Crippen molar-refractivity contribution in [2.24, 2.45) is 0 Å². The maximum absolute atomic E-state index is 5.86. The zero-order valence-electron chi connectivity index (χ0n) is 16.2. The summed E-state index contributed by atoms with van der Waals surface area (Å²) >= 11 is 0. The molecule has 3 aromatic rings. The Morgan fingerprint density at radius 2 is 1.86 bits per heavy atom. The van der Waals surface area contributed by atoms with Crippen LogP contribution in [0.3, 0.4) is 0 Å². The van der Waals surface area contributed by atoms with Crippen molar-refractivity contribution >= 4 is 17.1 Å². The number of hydrogen-bond donors (Lipinski definition) is 3. The smallest absolute Gasteiger partial charge is 0.0568 e. The van der Waals surface area contributed by atoms with Gasteiger partial charge in [0.15, 0.2) is 0 Å². The van der Waals surface area contributed by atoms with Crippen LogP contribution in [0.25, 0.3) is 11.1 Å². The minimum Gasteiger partial charge on any atom is -0.397 e. The number of benzene rings is 1. The number of aromatic nitrogens is 2. The molecule has 0 radical (unpaired) electrons. The maximum Gasteiger partial charge on any atom is 0.0568 e. The highest BCUT2D eigenvalue weighted by atomic mass is 14.9. The van der Waals surface area contributed by atoms with Crippen LogP contribution in [0.1, 0.15) is 11.3 Å². The first-order valence-electron chi connectivity index (χ1n) is 8.77. The average molecular weight is 371 g/mol. The summed E-state index contributed by atoms with van der Waals surface area (Å²) in [4.78, 5) is 8.48. The normalized spacial score (nSPS) is 9.71. The molecule has 0 amide bonds. The van der Waals surface area contributed by atoms with Crippen molar-refractivity contribution in [1.82, 2.24) is 9.97 Å². The van der Waals surface area contributed by atoms with Gasteiger partial charge in [-0.2, -0.15) is 0 Å². The number of allylic oxidation sites excluding steroid dienone is 1. The number of nitrogen functional groups attached to an aromatic ring is 1. The van der Waals surface area contributed by atoms with Crippen LogP contribution in [0.5, 0.6) is 0 Å². The molecule has 4 N–H and O–H groups in total. The quantitative estimate of drug-likeness (QED) is 0.557. The van der Waals surface area contributed by atoms with E-state index in [1.54, 1.807) is 6.20 Å². The number of anilines is 3. The largest absolute Gasteiger partial charge is 0.397 e. The number of rotatable bonds is 6. The lowest BCUT2D eigenvalue weighted by molar-refractivity contribution is 1.14. The molecule has 0 spiro atoms. The molecule has 28 heavy (non-hydrogen) atoms. The molecule has 5 nitrogen and oxygen atoms in total. The van der Waals surface area contributed by atoms with Gasteiger partial charge in [-0.25, -0.2) is 0 Å². The van der Waals surface area contributed by atoms with E-state index in [0.29, 0.717) is 12.1 Å². The van der Waals surface area contributed by atoms with Gasteiger partial charge >= 0.3 is 0 Å². The molecule has 3 rings (SSSR count). The van der Waals surface area contributed by atoms with E-state index in [9.17, 15) is 0 Å². The zero-order valence-corrected chi connectivity index (χ0v) is 16.2. The highest BCUT2D eigenvalue weighted by molar-refractivity contribution is 5.70. The Hall–Kier alpha value is -3.78. The topological polar surface area (TPSA) is 75.9 Å². The van der Waals surface area contributed by atoms with Gasteiger partial charge in [0.1, 0.15) is 0 Å². The van der Waals surface area contributed by atoms with Gasteiger partial charge in [0.2, 0.25) is 0 Å². The van der Waals surface area contributed by atoms with E-state index in [2.05, 4.69) is 58.2 Å². The fourth-order valence-electron chi connectivity index (χ4n) is 2.80. The summed E-state index contributed by atoms with van der Waals surface area (Å²) < 4.78 is 0. The van der Waals surface area contributed by atoms with Gasteiger partial charge in [-0.15, -0.1) is 12.8 Å². The van der Waals surface area contributed by atoms with Crippen molar-refractivity contribution in [2.75, 3.05) is 23.4 Å². The summed E-state index contributed by atoms with van der Waals surface area (Å²) in [5.41, 5.74) is 13.6. The van der Waals surface area contributed by atoms with Gasteiger partial charge in [0, 0.05) is 48.5 Å². The predicted molar refractivity (Wildman–Crippen MR) is 119 cm³/mol. The SMILES string of the molecule is C#C.C=C(Cc1cc(-c2cncc(N)c2)ccc1NC)Nc1ccc(C)nc1. The summed E-state index contributed by atoms with van der Waals surface area (Å²) in [5.74, 6) is 0. The lowest BCUT2D eigenvalue weighted by atomic mass is 10.00. The van der Waals surface area contributed by atoms with Crippen LogP contribution >= 0.6 is 0 Å². The molecule has 0 aliphatic carbocycles. The van der Waals surface area contributed by atoms with E-state index in [1.165, 1.54) is 0 Å². The van der Waals surface area contributed by atoms with E-state index in [-0.39, 0.29) is 0 Å². The molecule has 1 aromatic carbocycles. The Balaban J connectivity index is 0.00000136. The van der Waals surface area contributed by atoms with Gasteiger partial charge in [-0.05, 0) is 48.4 Å². The molecule has 0 atom stereocenters. The number of pyridine rings is 2. The highest BCUT2D eigenvalue weighted by Gasteiger charge is 2.08. The predicted octanol–water partition coefficient (Wildman–Crippen LogP) is 4.49. The Morgan fingerprint density at radius 3 is 2.50 bits per heavy atom. The minimum absolute atomic E-state index is 0.652. The second-order valence-electron chi connectivity index (χ2n) is 6.22. The van der Waals surface area contributed by atoms with Gasteiger partial charge in [-0.1, -0.05) is 12.6 Å². The maximum atomic E-state index is 5.86. The number of aryl methyl sites for hydroxylation is 1. The second kappa shape index (κ2) is 9.79. The zero-order chi connectivity index (χ0) is 20.5. The van der Waals surface area contributed by atoms with E-state index in [1.807, 2.05) is 44.6 Å². The first-order valence-corrected chi connectivity index (χ1v) is 8.77. The molecule has 0 unspecified atom stereocenters. The minimum atomic E-state index is 0.652. The third-order valence-electron chi connectivity index (χ3n) is 4.10. The standard InChI is InChI=1S/C21H23N5.C2H2/c1-14-4-6-20(13-25-14)26-15(2)8-17-9-16(5-7-21(17)23-3)18-10-19(22)12-24-11-18;1-2/h4-7,9-13,23,26H,2,8,22H2,1,3H3;1-2H. The summed E-state index contributed by atoms with van der Waals surface area (Å²) in [6, 6.07) is 12.2.